The van der Waals surface area contributed by atoms with Gasteiger partial charge < -0.3 is 15.0 Å². The Bertz CT molecular complexity index is 385. The number of aromatic nitrogens is 1. The van der Waals surface area contributed by atoms with Gasteiger partial charge in [0.25, 0.3) is 0 Å². The first kappa shape index (κ1) is 12.4. The Labute approximate surface area is 89.8 Å². The second-order valence-electron chi connectivity index (χ2n) is 3.21. The van der Waals surface area contributed by atoms with E-state index in [2.05, 4.69) is 4.74 Å². The lowest BCUT2D eigenvalue weighted by Crippen LogP contribution is -2.15. The molecule has 1 rings (SSSR count). The van der Waals surface area contributed by atoms with E-state index in [4.69, 9.17) is 5.73 Å². The molecule has 0 aliphatic rings. The number of halogens is 3. The smallest absolute Gasteiger partial charge is 0.390 e. The molecule has 7 heteroatoms. The van der Waals surface area contributed by atoms with E-state index < -0.39 is 18.6 Å². The number of nitrogen functional groups attached to an aromatic ring is 1. The van der Waals surface area contributed by atoms with E-state index in [9.17, 15) is 18.0 Å². The maximum Gasteiger partial charge on any atom is 0.390 e. The van der Waals surface area contributed by atoms with Gasteiger partial charge in [0.05, 0.1) is 19.2 Å². The van der Waals surface area contributed by atoms with Crippen LogP contribution in [-0.2, 0) is 11.3 Å². The number of nitrogens with two attached hydrogens (primary N) is 1. The first-order chi connectivity index (χ1) is 7.33. The van der Waals surface area contributed by atoms with Crippen LogP contribution in [0, 0.1) is 0 Å². The molecule has 0 amide bonds. The van der Waals surface area contributed by atoms with Crippen LogP contribution in [-0.4, -0.2) is 23.8 Å². The highest BCUT2D eigenvalue weighted by molar-refractivity contribution is 5.88. The summed E-state index contributed by atoms with van der Waals surface area (Å²) in [6, 6.07) is 1.28. The van der Waals surface area contributed by atoms with Crippen molar-refractivity contribution < 1.29 is 22.7 Å². The molecule has 0 bridgehead atoms. The number of hydrogen-bond acceptors (Lipinski definition) is 3. The van der Waals surface area contributed by atoms with Crippen LogP contribution in [0.15, 0.2) is 12.3 Å². The second kappa shape index (κ2) is 4.46. The van der Waals surface area contributed by atoms with Gasteiger partial charge in [-0.3, -0.25) is 0 Å². The van der Waals surface area contributed by atoms with Gasteiger partial charge in [0.15, 0.2) is 0 Å². The van der Waals surface area contributed by atoms with Gasteiger partial charge in [-0.2, -0.15) is 13.2 Å². The van der Waals surface area contributed by atoms with Gasteiger partial charge in [-0.15, -0.1) is 0 Å². The molecule has 90 valence electrons. The zero-order valence-electron chi connectivity index (χ0n) is 8.54. The van der Waals surface area contributed by atoms with Gasteiger partial charge in [0, 0.05) is 12.7 Å². The third-order valence-electron chi connectivity index (χ3n) is 1.95. The van der Waals surface area contributed by atoms with Gasteiger partial charge in [0.1, 0.15) is 5.69 Å². The number of carbonyl (C=O) groups excluding carboxylic acids is 1. The standard InChI is InChI=1S/C9H11F3N2O2/c1-16-8(15)7-4-6(13)5-14(7)3-2-9(10,11)12/h4-5H,2-3,13H2,1H3. The summed E-state index contributed by atoms with van der Waals surface area (Å²) in [6.45, 7) is -0.356. The van der Waals surface area contributed by atoms with Gasteiger partial charge in [0.2, 0.25) is 0 Å². The molecule has 1 aromatic heterocycles. The van der Waals surface area contributed by atoms with Crippen molar-refractivity contribution in [2.75, 3.05) is 12.8 Å². The molecule has 0 radical (unpaired) electrons. The molecular formula is C9H11F3N2O2. The van der Waals surface area contributed by atoms with Crippen LogP contribution in [0.5, 0.6) is 0 Å². The molecule has 0 atom stereocenters. The third kappa shape index (κ3) is 3.18. The molecule has 0 aliphatic carbocycles. The van der Waals surface area contributed by atoms with Crippen LogP contribution in [0.4, 0.5) is 18.9 Å². The highest BCUT2D eigenvalue weighted by Crippen LogP contribution is 2.22. The van der Waals surface area contributed by atoms with Crippen LogP contribution >= 0.6 is 0 Å². The van der Waals surface area contributed by atoms with Crippen molar-refractivity contribution in [1.29, 1.82) is 0 Å². The molecule has 1 aromatic rings. The molecule has 0 fully saturated rings. The van der Waals surface area contributed by atoms with Crippen molar-refractivity contribution in [1.82, 2.24) is 4.57 Å². The Morgan fingerprint density at radius 2 is 2.19 bits per heavy atom. The predicted octanol–water partition coefficient (Wildman–Crippen LogP) is 1.81. The predicted molar refractivity (Wildman–Crippen MR) is 50.9 cm³/mol. The largest absolute Gasteiger partial charge is 0.464 e. The monoisotopic (exact) mass is 236 g/mol. The molecule has 2 N–H and O–H groups in total. The minimum absolute atomic E-state index is 0.0178. The van der Waals surface area contributed by atoms with Crippen LogP contribution in [0.1, 0.15) is 16.9 Å². The number of rotatable bonds is 3. The lowest BCUT2D eigenvalue weighted by Gasteiger charge is -2.09. The Morgan fingerprint density at radius 3 is 2.69 bits per heavy atom. The number of carbonyl (C=O) groups is 1. The minimum atomic E-state index is -4.27. The molecular weight excluding hydrogens is 225 g/mol. The van der Waals surface area contributed by atoms with Crippen LogP contribution in [0.2, 0.25) is 0 Å². The number of alkyl halides is 3. The number of methoxy groups -OCH3 is 1. The van der Waals surface area contributed by atoms with Crippen molar-refractivity contribution in [3.8, 4) is 0 Å². The molecule has 0 spiro atoms. The quantitative estimate of drug-likeness (QED) is 0.814. The Balaban J connectivity index is 2.83. The molecule has 16 heavy (non-hydrogen) atoms. The number of nitrogens with zero attached hydrogens (tertiary/aromatic N) is 1. The number of aryl methyl sites for hydroxylation is 1. The highest BCUT2D eigenvalue weighted by Gasteiger charge is 2.27. The van der Waals surface area contributed by atoms with E-state index in [1.54, 1.807) is 0 Å². The van der Waals surface area contributed by atoms with E-state index in [-0.39, 0.29) is 17.9 Å². The Morgan fingerprint density at radius 1 is 1.56 bits per heavy atom. The topological polar surface area (TPSA) is 57.2 Å². The third-order valence-corrected chi connectivity index (χ3v) is 1.95. The van der Waals surface area contributed by atoms with Crippen molar-refractivity contribution in [3.63, 3.8) is 0 Å². The molecule has 0 saturated heterocycles. The van der Waals surface area contributed by atoms with Gasteiger partial charge in [-0.1, -0.05) is 0 Å². The Hall–Kier alpha value is -1.66. The zero-order valence-corrected chi connectivity index (χ0v) is 8.54. The lowest BCUT2D eigenvalue weighted by atomic mass is 10.4. The molecule has 0 aromatic carbocycles. The number of hydrogen-bond donors (Lipinski definition) is 1. The first-order valence-corrected chi connectivity index (χ1v) is 4.44. The summed E-state index contributed by atoms with van der Waals surface area (Å²) in [5.41, 5.74) is 5.64. The summed E-state index contributed by atoms with van der Waals surface area (Å²) in [6.07, 6.45) is -4.02. The fraction of sp³-hybridized carbons (Fsp3) is 0.444. The van der Waals surface area contributed by atoms with E-state index in [1.807, 2.05) is 0 Å². The highest BCUT2D eigenvalue weighted by atomic mass is 19.4. The molecule has 0 unspecified atom stereocenters. The average Bonchev–Trinajstić information content (AvgIpc) is 2.54. The average molecular weight is 236 g/mol. The first-order valence-electron chi connectivity index (χ1n) is 4.44. The van der Waals surface area contributed by atoms with Crippen molar-refractivity contribution in [3.05, 3.63) is 18.0 Å². The number of anilines is 1. The number of esters is 1. The summed E-state index contributed by atoms with van der Waals surface area (Å²) < 4.78 is 41.6. The van der Waals surface area contributed by atoms with Crippen molar-refractivity contribution >= 4 is 11.7 Å². The maximum absolute atomic E-state index is 12.0. The normalized spacial score (nSPS) is 11.5. The van der Waals surface area contributed by atoms with Gasteiger partial charge >= 0.3 is 12.1 Å². The van der Waals surface area contributed by atoms with Gasteiger partial charge in [-0.25, -0.2) is 4.79 Å². The van der Waals surface area contributed by atoms with E-state index >= 15 is 0 Å². The maximum atomic E-state index is 12.0. The van der Waals surface area contributed by atoms with Crippen molar-refractivity contribution in [2.45, 2.75) is 19.1 Å². The van der Waals surface area contributed by atoms with Crippen LogP contribution in [0.25, 0.3) is 0 Å². The summed E-state index contributed by atoms with van der Waals surface area (Å²) in [4.78, 5) is 11.2. The van der Waals surface area contributed by atoms with Crippen LogP contribution in [0.3, 0.4) is 0 Å². The van der Waals surface area contributed by atoms with E-state index in [0.717, 1.165) is 11.7 Å². The minimum Gasteiger partial charge on any atom is -0.464 e. The fourth-order valence-corrected chi connectivity index (χ4v) is 1.24. The summed E-state index contributed by atoms with van der Waals surface area (Å²) >= 11 is 0. The van der Waals surface area contributed by atoms with Crippen LogP contribution < -0.4 is 5.73 Å². The number of ether oxygens (including phenoxy) is 1. The van der Waals surface area contributed by atoms with Gasteiger partial charge in [-0.05, 0) is 6.07 Å². The second-order valence-corrected chi connectivity index (χ2v) is 3.21. The van der Waals surface area contributed by atoms with Crippen molar-refractivity contribution in [2.24, 2.45) is 0 Å². The van der Waals surface area contributed by atoms with E-state index in [1.165, 1.54) is 12.3 Å². The van der Waals surface area contributed by atoms with E-state index in [0.29, 0.717) is 0 Å². The molecule has 0 saturated carbocycles. The molecule has 4 nitrogen and oxygen atoms in total. The molecule has 0 aliphatic heterocycles. The summed E-state index contributed by atoms with van der Waals surface area (Å²) in [5.74, 6) is -0.709. The Kier molecular flexibility index (Phi) is 3.46. The zero-order chi connectivity index (χ0) is 12.3. The summed E-state index contributed by atoms with van der Waals surface area (Å²) in [5, 5.41) is 0. The summed E-state index contributed by atoms with van der Waals surface area (Å²) in [7, 11) is 1.15. The lowest BCUT2D eigenvalue weighted by molar-refractivity contribution is -0.136. The SMILES string of the molecule is COC(=O)c1cc(N)cn1CCC(F)(F)F. The molecule has 1 heterocycles. The fourth-order valence-electron chi connectivity index (χ4n) is 1.24.